The Morgan fingerprint density at radius 1 is 1.21 bits per heavy atom. The fourth-order valence-electron chi connectivity index (χ4n) is 2.06. The van der Waals surface area contributed by atoms with Crippen LogP contribution in [0.1, 0.15) is 10.4 Å². The van der Waals surface area contributed by atoms with E-state index in [2.05, 4.69) is 36.0 Å². The fraction of sp³-hybridized carbons (Fsp3) is 0. The van der Waals surface area contributed by atoms with Gasteiger partial charge in [-0.05, 0) is 46.8 Å². The van der Waals surface area contributed by atoms with E-state index in [4.69, 9.17) is 4.42 Å². The number of hydrogen-bond donors (Lipinski definition) is 2. The first kappa shape index (κ1) is 13.8. The Balaban J connectivity index is 1.48. The standard InChI is InChI=1S/C14H10N8O2/c23-13(9-3-5-10(6-4-9)22-8-15-20-21-22)17-14-16-12(18-19-14)11-2-1-7-24-11/h1-8H,(H2,16,17,18,19,23). The number of H-pyrrole nitrogens is 1. The van der Waals surface area contributed by atoms with Crippen LogP contribution in [0.2, 0.25) is 0 Å². The van der Waals surface area contributed by atoms with Crippen LogP contribution in [-0.4, -0.2) is 41.3 Å². The van der Waals surface area contributed by atoms with Crippen LogP contribution in [-0.2, 0) is 0 Å². The van der Waals surface area contributed by atoms with E-state index in [1.54, 1.807) is 36.4 Å². The number of carbonyl (C=O) groups is 1. The molecular formula is C14H10N8O2. The summed E-state index contributed by atoms with van der Waals surface area (Å²) in [7, 11) is 0. The number of rotatable bonds is 4. The molecule has 3 heterocycles. The molecule has 0 aliphatic heterocycles. The van der Waals surface area contributed by atoms with Crippen LogP contribution in [0, 0.1) is 0 Å². The molecule has 24 heavy (non-hydrogen) atoms. The van der Waals surface area contributed by atoms with E-state index >= 15 is 0 Å². The molecule has 0 spiro atoms. The molecule has 118 valence electrons. The van der Waals surface area contributed by atoms with Gasteiger partial charge < -0.3 is 4.42 Å². The van der Waals surface area contributed by atoms with Crippen LogP contribution in [0.5, 0.6) is 0 Å². The zero-order valence-corrected chi connectivity index (χ0v) is 12.1. The van der Waals surface area contributed by atoms with Crippen molar-refractivity contribution in [3.8, 4) is 17.3 Å². The molecule has 3 aromatic heterocycles. The highest BCUT2D eigenvalue weighted by Gasteiger charge is 2.12. The molecule has 10 heteroatoms. The van der Waals surface area contributed by atoms with Crippen molar-refractivity contribution in [2.45, 2.75) is 0 Å². The number of amides is 1. The van der Waals surface area contributed by atoms with Gasteiger partial charge in [-0.1, -0.05) is 0 Å². The predicted octanol–water partition coefficient (Wildman–Crippen LogP) is 1.29. The summed E-state index contributed by atoms with van der Waals surface area (Å²) in [5.74, 6) is 0.803. The van der Waals surface area contributed by atoms with Gasteiger partial charge in [0.25, 0.3) is 5.91 Å². The average molecular weight is 322 g/mol. The number of carbonyl (C=O) groups excluding carboxylic acids is 1. The number of nitrogens with zero attached hydrogens (tertiary/aromatic N) is 6. The van der Waals surface area contributed by atoms with Gasteiger partial charge in [-0.3, -0.25) is 15.2 Å². The normalized spacial score (nSPS) is 10.7. The molecule has 0 aliphatic rings. The van der Waals surface area contributed by atoms with Crippen molar-refractivity contribution < 1.29 is 9.21 Å². The first-order chi connectivity index (χ1) is 11.8. The number of furan rings is 1. The van der Waals surface area contributed by atoms with Gasteiger partial charge in [0.05, 0.1) is 12.0 Å². The van der Waals surface area contributed by atoms with Crippen LogP contribution in [0.3, 0.4) is 0 Å². The third-order valence-corrected chi connectivity index (χ3v) is 3.21. The number of benzene rings is 1. The molecule has 1 aromatic carbocycles. The van der Waals surface area contributed by atoms with E-state index in [0.29, 0.717) is 17.1 Å². The number of hydrogen-bond acceptors (Lipinski definition) is 7. The van der Waals surface area contributed by atoms with Crippen LogP contribution in [0.15, 0.2) is 53.4 Å². The van der Waals surface area contributed by atoms with Crippen molar-refractivity contribution in [1.82, 2.24) is 35.4 Å². The summed E-state index contributed by atoms with van der Waals surface area (Å²) in [6.45, 7) is 0. The van der Waals surface area contributed by atoms with Crippen molar-refractivity contribution >= 4 is 11.9 Å². The second-order valence-electron chi connectivity index (χ2n) is 4.74. The van der Waals surface area contributed by atoms with Crippen molar-refractivity contribution in [3.05, 3.63) is 54.6 Å². The Hall–Kier alpha value is -3.82. The number of anilines is 1. The Kier molecular flexibility index (Phi) is 3.31. The first-order valence-corrected chi connectivity index (χ1v) is 6.91. The van der Waals surface area contributed by atoms with Crippen LogP contribution in [0.4, 0.5) is 5.95 Å². The molecule has 2 N–H and O–H groups in total. The first-order valence-electron chi connectivity index (χ1n) is 6.91. The van der Waals surface area contributed by atoms with Gasteiger partial charge in [0.2, 0.25) is 5.95 Å². The summed E-state index contributed by atoms with van der Waals surface area (Å²) in [4.78, 5) is 16.4. The lowest BCUT2D eigenvalue weighted by Gasteiger charge is -2.03. The molecule has 0 unspecified atom stereocenters. The molecule has 0 saturated heterocycles. The lowest BCUT2D eigenvalue weighted by Crippen LogP contribution is -2.13. The maximum Gasteiger partial charge on any atom is 0.258 e. The monoisotopic (exact) mass is 322 g/mol. The Labute approximate surface area is 134 Å². The highest BCUT2D eigenvalue weighted by atomic mass is 16.3. The summed E-state index contributed by atoms with van der Waals surface area (Å²) < 4.78 is 6.70. The fourth-order valence-corrected chi connectivity index (χ4v) is 2.06. The van der Waals surface area contributed by atoms with Gasteiger partial charge in [-0.15, -0.1) is 10.2 Å². The van der Waals surface area contributed by atoms with E-state index in [-0.39, 0.29) is 11.9 Å². The smallest absolute Gasteiger partial charge is 0.258 e. The maximum absolute atomic E-state index is 12.2. The number of tetrazole rings is 1. The summed E-state index contributed by atoms with van der Waals surface area (Å²) in [6, 6.07) is 10.3. The van der Waals surface area contributed by atoms with Crippen molar-refractivity contribution in [1.29, 1.82) is 0 Å². The minimum Gasteiger partial charge on any atom is -0.461 e. The van der Waals surface area contributed by atoms with E-state index in [1.165, 1.54) is 17.3 Å². The molecular weight excluding hydrogens is 312 g/mol. The van der Waals surface area contributed by atoms with Crippen LogP contribution < -0.4 is 5.32 Å². The molecule has 0 aliphatic carbocycles. The summed E-state index contributed by atoms with van der Waals surface area (Å²) in [5, 5.41) is 20.1. The average Bonchev–Trinajstić information content (AvgIpc) is 3.36. The zero-order valence-electron chi connectivity index (χ0n) is 12.1. The van der Waals surface area contributed by atoms with Gasteiger partial charge in [-0.25, -0.2) is 4.68 Å². The molecule has 4 aromatic rings. The highest BCUT2D eigenvalue weighted by molar-refractivity contribution is 6.03. The third-order valence-electron chi connectivity index (χ3n) is 3.21. The van der Waals surface area contributed by atoms with Gasteiger partial charge in [0, 0.05) is 5.56 Å². The van der Waals surface area contributed by atoms with Gasteiger partial charge in [0.15, 0.2) is 11.6 Å². The van der Waals surface area contributed by atoms with Gasteiger partial charge in [0.1, 0.15) is 6.33 Å². The quantitative estimate of drug-likeness (QED) is 0.579. The van der Waals surface area contributed by atoms with Crippen LogP contribution >= 0.6 is 0 Å². The molecule has 0 fully saturated rings. The summed E-state index contributed by atoms with van der Waals surface area (Å²) in [6.07, 6.45) is 3.00. The summed E-state index contributed by atoms with van der Waals surface area (Å²) >= 11 is 0. The van der Waals surface area contributed by atoms with Gasteiger partial charge >= 0.3 is 0 Å². The largest absolute Gasteiger partial charge is 0.461 e. The predicted molar refractivity (Wildman–Crippen MR) is 81.2 cm³/mol. The zero-order chi connectivity index (χ0) is 16.4. The molecule has 1 amide bonds. The number of aromatic amines is 1. The maximum atomic E-state index is 12.2. The number of nitrogens with one attached hydrogen (secondary N) is 2. The van der Waals surface area contributed by atoms with Gasteiger partial charge in [-0.2, -0.15) is 4.98 Å². The van der Waals surface area contributed by atoms with Crippen LogP contribution in [0.25, 0.3) is 17.3 Å². The van der Waals surface area contributed by atoms with E-state index in [9.17, 15) is 4.79 Å². The van der Waals surface area contributed by atoms with Crippen molar-refractivity contribution in [3.63, 3.8) is 0 Å². The Morgan fingerprint density at radius 2 is 2.08 bits per heavy atom. The lowest BCUT2D eigenvalue weighted by atomic mass is 10.2. The van der Waals surface area contributed by atoms with Crippen molar-refractivity contribution in [2.24, 2.45) is 0 Å². The number of aromatic nitrogens is 7. The third kappa shape index (κ3) is 2.63. The molecule has 0 radical (unpaired) electrons. The lowest BCUT2D eigenvalue weighted by molar-refractivity contribution is 0.102. The van der Waals surface area contributed by atoms with Crippen molar-refractivity contribution in [2.75, 3.05) is 5.32 Å². The Bertz CT molecular complexity index is 941. The molecule has 4 rings (SSSR count). The SMILES string of the molecule is O=C(Nc1n[nH]c(-c2ccco2)n1)c1ccc(-n2cnnn2)cc1. The minimum atomic E-state index is -0.330. The molecule has 0 atom stereocenters. The van der Waals surface area contributed by atoms with E-state index in [1.807, 2.05) is 0 Å². The minimum absolute atomic E-state index is 0.163. The molecule has 10 nitrogen and oxygen atoms in total. The molecule has 0 saturated carbocycles. The van der Waals surface area contributed by atoms with E-state index < -0.39 is 0 Å². The topological polar surface area (TPSA) is 127 Å². The highest BCUT2D eigenvalue weighted by Crippen LogP contribution is 2.16. The Morgan fingerprint density at radius 3 is 2.79 bits per heavy atom. The van der Waals surface area contributed by atoms with E-state index in [0.717, 1.165) is 5.69 Å². The second kappa shape index (κ2) is 5.76. The second-order valence-corrected chi connectivity index (χ2v) is 4.74. The summed E-state index contributed by atoms with van der Waals surface area (Å²) in [5.41, 5.74) is 1.20. The molecule has 0 bridgehead atoms.